The number of ether oxygens (including phenoxy) is 1. The number of hydrogen-bond donors (Lipinski definition) is 1. The fourth-order valence-electron chi connectivity index (χ4n) is 2.17. The minimum Gasteiger partial charge on any atom is -0.491 e. The number of carbonyl (C=O) groups excluding carboxylic acids is 1. The maximum atomic E-state index is 12.2. The lowest BCUT2D eigenvalue weighted by Gasteiger charge is -2.13. The number of amides is 1. The summed E-state index contributed by atoms with van der Waals surface area (Å²) in [5.74, 6) is 0.895. The minimum atomic E-state index is -0.128. The van der Waals surface area contributed by atoms with Crippen molar-refractivity contribution in [3.63, 3.8) is 0 Å². The monoisotopic (exact) mass is 343 g/mol. The molecule has 0 saturated heterocycles. The van der Waals surface area contributed by atoms with Gasteiger partial charge in [-0.3, -0.25) is 4.79 Å². The van der Waals surface area contributed by atoms with E-state index in [1.165, 1.54) is 5.56 Å². The summed E-state index contributed by atoms with van der Waals surface area (Å²) in [6.07, 6.45) is 0.162. The Bertz CT molecular complexity index is 650. The first-order valence-corrected chi connectivity index (χ1v) is 9.08. The van der Waals surface area contributed by atoms with Gasteiger partial charge >= 0.3 is 0 Å². The molecule has 0 fully saturated rings. The minimum absolute atomic E-state index is 0.0445. The van der Waals surface area contributed by atoms with Crippen LogP contribution in [0.2, 0.25) is 0 Å². The van der Waals surface area contributed by atoms with Gasteiger partial charge in [0, 0.05) is 11.4 Å². The predicted molar refractivity (Wildman–Crippen MR) is 101 cm³/mol. The van der Waals surface area contributed by atoms with Crippen LogP contribution < -0.4 is 10.1 Å². The summed E-state index contributed by atoms with van der Waals surface area (Å²) in [5, 5.41) is 2.86. The lowest BCUT2D eigenvalue weighted by atomic mass is 10.2. The van der Waals surface area contributed by atoms with Gasteiger partial charge in [-0.05, 0) is 57.5 Å². The molecule has 0 aliphatic carbocycles. The van der Waals surface area contributed by atoms with Crippen molar-refractivity contribution in [3.05, 3.63) is 59.7 Å². The highest BCUT2D eigenvalue weighted by Crippen LogP contribution is 2.23. The molecule has 0 bridgehead atoms. The van der Waals surface area contributed by atoms with E-state index in [4.69, 9.17) is 4.74 Å². The van der Waals surface area contributed by atoms with Gasteiger partial charge in [-0.15, -0.1) is 11.8 Å². The van der Waals surface area contributed by atoms with Crippen molar-refractivity contribution in [2.45, 2.75) is 50.5 Å². The van der Waals surface area contributed by atoms with Crippen LogP contribution in [0.1, 0.15) is 31.9 Å². The van der Waals surface area contributed by atoms with E-state index in [-0.39, 0.29) is 17.3 Å². The largest absolute Gasteiger partial charge is 0.491 e. The third-order valence-electron chi connectivity index (χ3n) is 3.46. The van der Waals surface area contributed by atoms with Crippen molar-refractivity contribution >= 4 is 17.7 Å². The van der Waals surface area contributed by atoms with Crippen LogP contribution >= 0.6 is 11.8 Å². The molecule has 0 aliphatic rings. The standard InChI is InChI=1S/C20H25NO2S/c1-14(2)23-18-9-7-17(8-10-18)13-21-20(22)16(4)24-19-11-5-15(3)6-12-19/h5-12,14,16H,13H2,1-4H3,(H,21,22)/t16-/m1/s1. The summed E-state index contributed by atoms with van der Waals surface area (Å²) in [4.78, 5) is 13.4. The lowest BCUT2D eigenvalue weighted by Crippen LogP contribution is -2.30. The highest BCUT2D eigenvalue weighted by Gasteiger charge is 2.14. The SMILES string of the molecule is Cc1ccc(S[C@H](C)C(=O)NCc2ccc(OC(C)C)cc2)cc1. The third-order valence-corrected chi connectivity index (χ3v) is 4.58. The summed E-state index contributed by atoms with van der Waals surface area (Å²) in [6, 6.07) is 16.1. The van der Waals surface area contributed by atoms with Crippen LogP contribution in [-0.2, 0) is 11.3 Å². The third kappa shape index (κ3) is 5.93. The first kappa shape index (κ1) is 18.4. The van der Waals surface area contributed by atoms with Crippen molar-refractivity contribution < 1.29 is 9.53 Å². The molecule has 3 nitrogen and oxygen atoms in total. The smallest absolute Gasteiger partial charge is 0.233 e. The Balaban J connectivity index is 1.82. The van der Waals surface area contributed by atoms with Crippen LogP contribution in [0.3, 0.4) is 0 Å². The van der Waals surface area contributed by atoms with Gasteiger partial charge in [0.1, 0.15) is 5.75 Å². The zero-order valence-corrected chi connectivity index (χ0v) is 15.5. The average Bonchev–Trinajstić information content (AvgIpc) is 2.55. The topological polar surface area (TPSA) is 38.3 Å². The molecular formula is C20H25NO2S. The summed E-state index contributed by atoms with van der Waals surface area (Å²) in [7, 11) is 0. The van der Waals surface area contributed by atoms with Crippen molar-refractivity contribution in [2.75, 3.05) is 0 Å². The second-order valence-electron chi connectivity index (χ2n) is 6.10. The van der Waals surface area contributed by atoms with Gasteiger partial charge in [0.2, 0.25) is 5.91 Å². The van der Waals surface area contributed by atoms with E-state index >= 15 is 0 Å². The number of rotatable bonds is 7. The van der Waals surface area contributed by atoms with Crippen molar-refractivity contribution in [1.82, 2.24) is 5.32 Å². The van der Waals surface area contributed by atoms with Gasteiger partial charge in [0.05, 0.1) is 11.4 Å². The molecule has 0 aliphatic heterocycles. The van der Waals surface area contributed by atoms with Gasteiger partial charge < -0.3 is 10.1 Å². The molecule has 0 heterocycles. The molecule has 1 N–H and O–H groups in total. The van der Waals surface area contributed by atoms with Gasteiger partial charge in [0.15, 0.2) is 0 Å². The van der Waals surface area contributed by atoms with Gasteiger partial charge in [-0.2, -0.15) is 0 Å². The van der Waals surface area contributed by atoms with E-state index < -0.39 is 0 Å². The molecule has 0 radical (unpaired) electrons. The Kier molecular flexibility index (Phi) is 6.73. The fourth-order valence-corrected chi connectivity index (χ4v) is 3.06. The number of aryl methyl sites for hydroxylation is 1. The zero-order valence-electron chi connectivity index (χ0n) is 14.7. The molecular weight excluding hydrogens is 318 g/mol. The zero-order chi connectivity index (χ0) is 17.5. The van der Waals surface area contributed by atoms with E-state index in [0.717, 1.165) is 16.2 Å². The van der Waals surface area contributed by atoms with Crippen LogP contribution in [0.25, 0.3) is 0 Å². The van der Waals surface area contributed by atoms with Crippen LogP contribution in [0.15, 0.2) is 53.4 Å². The van der Waals surface area contributed by atoms with Crippen molar-refractivity contribution in [3.8, 4) is 5.75 Å². The summed E-state index contributed by atoms with van der Waals surface area (Å²) < 4.78 is 5.62. The number of hydrogen-bond acceptors (Lipinski definition) is 3. The van der Waals surface area contributed by atoms with E-state index in [1.54, 1.807) is 11.8 Å². The van der Waals surface area contributed by atoms with Crippen LogP contribution in [0.5, 0.6) is 5.75 Å². The number of thioether (sulfide) groups is 1. The fraction of sp³-hybridized carbons (Fsp3) is 0.350. The lowest BCUT2D eigenvalue weighted by molar-refractivity contribution is -0.120. The molecule has 0 spiro atoms. The highest BCUT2D eigenvalue weighted by molar-refractivity contribution is 8.00. The maximum Gasteiger partial charge on any atom is 0.233 e. The predicted octanol–water partition coefficient (Wildman–Crippen LogP) is 4.58. The molecule has 0 saturated carbocycles. The maximum absolute atomic E-state index is 12.2. The Morgan fingerprint density at radius 2 is 1.67 bits per heavy atom. The molecule has 0 aromatic heterocycles. The Labute approximate surface area is 148 Å². The summed E-state index contributed by atoms with van der Waals surface area (Å²) in [5.41, 5.74) is 2.29. The average molecular weight is 343 g/mol. The molecule has 2 rings (SSSR count). The number of benzene rings is 2. The van der Waals surface area contributed by atoms with E-state index in [2.05, 4.69) is 36.5 Å². The second-order valence-corrected chi connectivity index (χ2v) is 7.52. The Hall–Kier alpha value is -1.94. The molecule has 128 valence electrons. The van der Waals surface area contributed by atoms with Gasteiger partial charge in [0.25, 0.3) is 0 Å². The summed E-state index contributed by atoms with van der Waals surface area (Å²) >= 11 is 1.57. The first-order chi connectivity index (χ1) is 11.4. The summed E-state index contributed by atoms with van der Waals surface area (Å²) in [6.45, 7) is 8.52. The molecule has 0 unspecified atom stereocenters. The molecule has 24 heavy (non-hydrogen) atoms. The van der Waals surface area contributed by atoms with Gasteiger partial charge in [-0.25, -0.2) is 0 Å². The van der Waals surface area contributed by atoms with Crippen LogP contribution in [0, 0.1) is 6.92 Å². The Morgan fingerprint density at radius 3 is 2.25 bits per heavy atom. The molecule has 2 aromatic carbocycles. The second kappa shape index (κ2) is 8.78. The molecule has 4 heteroatoms. The van der Waals surface area contributed by atoms with E-state index in [1.807, 2.05) is 45.0 Å². The Morgan fingerprint density at radius 1 is 1.04 bits per heavy atom. The highest BCUT2D eigenvalue weighted by atomic mass is 32.2. The quantitative estimate of drug-likeness (QED) is 0.748. The normalized spacial score (nSPS) is 12.0. The van der Waals surface area contributed by atoms with Gasteiger partial charge in [-0.1, -0.05) is 29.8 Å². The number of carbonyl (C=O) groups is 1. The number of nitrogens with one attached hydrogen (secondary N) is 1. The van der Waals surface area contributed by atoms with Crippen LogP contribution in [0.4, 0.5) is 0 Å². The van der Waals surface area contributed by atoms with Crippen LogP contribution in [-0.4, -0.2) is 17.3 Å². The molecule has 2 aromatic rings. The first-order valence-electron chi connectivity index (χ1n) is 8.20. The molecule has 1 atom stereocenters. The van der Waals surface area contributed by atoms with E-state index in [0.29, 0.717) is 6.54 Å². The van der Waals surface area contributed by atoms with E-state index in [9.17, 15) is 4.79 Å². The molecule has 1 amide bonds. The van der Waals surface area contributed by atoms with Crippen molar-refractivity contribution in [1.29, 1.82) is 0 Å². The van der Waals surface area contributed by atoms with Crippen molar-refractivity contribution in [2.24, 2.45) is 0 Å².